The lowest BCUT2D eigenvalue weighted by molar-refractivity contribution is -0.130. The zero-order valence-electron chi connectivity index (χ0n) is 16.9. The molecule has 0 bridgehead atoms. The highest BCUT2D eigenvalue weighted by molar-refractivity contribution is 7.23. The summed E-state index contributed by atoms with van der Waals surface area (Å²) in [5.74, 6) is 0.183. The Morgan fingerprint density at radius 2 is 1.93 bits per heavy atom. The average Bonchev–Trinajstić information content (AvgIpc) is 3.32. The lowest BCUT2D eigenvalue weighted by atomic mass is 10.1. The van der Waals surface area contributed by atoms with E-state index >= 15 is 0 Å². The first-order chi connectivity index (χ1) is 14.7. The Kier molecular flexibility index (Phi) is 7.55. The van der Waals surface area contributed by atoms with Crippen molar-refractivity contribution in [3.8, 4) is 9.88 Å². The number of carbonyl (C=O) groups is 1. The molecule has 1 amide bonds. The summed E-state index contributed by atoms with van der Waals surface area (Å²) in [6.45, 7) is 4.76. The molecule has 2 aromatic heterocycles. The van der Waals surface area contributed by atoms with E-state index in [2.05, 4.69) is 40.2 Å². The van der Waals surface area contributed by atoms with Gasteiger partial charge >= 0.3 is 0 Å². The van der Waals surface area contributed by atoms with E-state index in [4.69, 9.17) is 11.6 Å². The molecule has 3 heterocycles. The Balaban J connectivity index is 1.24. The molecule has 0 atom stereocenters. The van der Waals surface area contributed by atoms with Crippen LogP contribution in [0.4, 0.5) is 0 Å². The summed E-state index contributed by atoms with van der Waals surface area (Å²) in [5.41, 5.74) is 2.25. The van der Waals surface area contributed by atoms with E-state index in [9.17, 15) is 4.79 Å². The van der Waals surface area contributed by atoms with Gasteiger partial charge in [-0.15, -0.1) is 22.7 Å². The van der Waals surface area contributed by atoms with Gasteiger partial charge in [0, 0.05) is 25.0 Å². The Hall–Kier alpha value is -1.73. The summed E-state index contributed by atoms with van der Waals surface area (Å²) < 4.78 is 0.760. The van der Waals surface area contributed by atoms with E-state index < -0.39 is 0 Å². The summed E-state index contributed by atoms with van der Waals surface area (Å²) in [6.07, 6.45) is 3.69. The van der Waals surface area contributed by atoms with Crippen molar-refractivity contribution in [1.82, 2.24) is 14.8 Å². The minimum atomic E-state index is 0.183. The predicted octanol–water partition coefficient (Wildman–Crippen LogP) is 5.23. The van der Waals surface area contributed by atoms with Gasteiger partial charge < -0.3 is 9.80 Å². The van der Waals surface area contributed by atoms with Crippen LogP contribution < -0.4 is 0 Å². The van der Waals surface area contributed by atoms with Crippen LogP contribution in [0.15, 0.2) is 47.8 Å². The number of thiophene rings is 1. The highest BCUT2D eigenvalue weighted by Crippen LogP contribution is 2.33. The molecule has 30 heavy (non-hydrogen) atoms. The topological polar surface area (TPSA) is 36.4 Å². The number of aromatic nitrogens is 1. The zero-order chi connectivity index (χ0) is 20.8. The molecule has 0 radical (unpaired) electrons. The molecule has 0 unspecified atom stereocenters. The van der Waals surface area contributed by atoms with Crippen molar-refractivity contribution in [3.05, 3.63) is 63.4 Å². The Labute approximate surface area is 191 Å². The van der Waals surface area contributed by atoms with Gasteiger partial charge in [-0.25, -0.2) is 4.98 Å². The fourth-order valence-electron chi connectivity index (χ4n) is 3.79. The number of nitrogens with zero attached hydrogens (tertiary/aromatic N) is 3. The van der Waals surface area contributed by atoms with Crippen molar-refractivity contribution in [2.24, 2.45) is 0 Å². The standard InChI is InChI=1S/C23H26ClN3OS2/c24-21-10-9-20(30-21)23-25-19(17-29-23)16-22(28)27-13-5-12-26(14-15-27)11-4-8-18-6-2-1-3-7-18/h1-3,6-7,9-10,17H,4-5,8,11-16H2. The van der Waals surface area contributed by atoms with E-state index in [-0.39, 0.29) is 5.91 Å². The van der Waals surface area contributed by atoms with Gasteiger partial charge in [-0.05, 0) is 50.0 Å². The normalized spacial score (nSPS) is 15.3. The molecule has 158 valence electrons. The smallest absolute Gasteiger partial charge is 0.228 e. The molecule has 0 saturated carbocycles. The Bertz CT molecular complexity index is 956. The number of hydrogen-bond donors (Lipinski definition) is 0. The largest absolute Gasteiger partial charge is 0.341 e. The van der Waals surface area contributed by atoms with Crippen molar-refractivity contribution >= 4 is 40.2 Å². The molecule has 4 nitrogen and oxygen atoms in total. The van der Waals surface area contributed by atoms with Crippen molar-refractivity contribution < 1.29 is 4.79 Å². The molecule has 1 aliphatic rings. The molecule has 1 aliphatic heterocycles. The second-order valence-corrected chi connectivity index (χ2v) is 10.2. The number of aryl methyl sites for hydroxylation is 1. The highest BCUT2D eigenvalue weighted by atomic mass is 35.5. The van der Waals surface area contributed by atoms with Crippen molar-refractivity contribution in [2.45, 2.75) is 25.7 Å². The second kappa shape index (κ2) is 10.5. The first-order valence-corrected chi connectivity index (χ1v) is 12.5. The molecular formula is C23H26ClN3OS2. The molecule has 1 aromatic carbocycles. The quantitative estimate of drug-likeness (QED) is 0.485. The number of halogens is 1. The zero-order valence-corrected chi connectivity index (χ0v) is 19.3. The van der Waals surface area contributed by atoms with Gasteiger partial charge in [-0.2, -0.15) is 0 Å². The summed E-state index contributed by atoms with van der Waals surface area (Å²) >= 11 is 9.12. The summed E-state index contributed by atoms with van der Waals surface area (Å²) in [6, 6.07) is 14.5. The number of benzene rings is 1. The summed E-state index contributed by atoms with van der Waals surface area (Å²) in [5, 5.41) is 2.93. The van der Waals surface area contributed by atoms with Gasteiger partial charge in [0.15, 0.2) is 0 Å². The number of hydrogen-bond acceptors (Lipinski definition) is 5. The lowest BCUT2D eigenvalue weighted by Crippen LogP contribution is -2.36. The minimum Gasteiger partial charge on any atom is -0.341 e. The number of rotatable bonds is 7. The average molecular weight is 460 g/mol. The minimum absolute atomic E-state index is 0.183. The van der Waals surface area contributed by atoms with Gasteiger partial charge in [0.05, 0.1) is 21.3 Å². The number of carbonyl (C=O) groups excluding carboxylic acids is 1. The van der Waals surface area contributed by atoms with Crippen LogP contribution in [0, 0.1) is 0 Å². The Morgan fingerprint density at radius 3 is 2.73 bits per heavy atom. The van der Waals surface area contributed by atoms with Gasteiger partial charge in [-0.3, -0.25) is 4.79 Å². The fourth-order valence-corrected chi connectivity index (χ4v) is 5.73. The van der Waals surface area contributed by atoms with Crippen LogP contribution in [-0.2, 0) is 17.6 Å². The van der Waals surface area contributed by atoms with Crippen molar-refractivity contribution in [3.63, 3.8) is 0 Å². The molecule has 0 spiro atoms. The van der Waals surface area contributed by atoms with E-state index in [0.29, 0.717) is 6.42 Å². The van der Waals surface area contributed by atoms with Gasteiger partial charge in [0.1, 0.15) is 5.01 Å². The van der Waals surface area contributed by atoms with Crippen molar-refractivity contribution in [2.75, 3.05) is 32.7 Å². The maximum Gasteiger partial charge on any atom is 0.228 e. The van der Waals surface area contributed by atoms with E-state index in [0.717, 1.165) is 71.9 Å². The first kappa shape index (κ1) is 21.5. The number of amides is 1. The first-order valence-electron chi connectivity index (χ1n) is 10.4. The molecule has 0 N–H and O–H groups in total. The van der Waals surface area contributed by atoms with Crippen LogP contribution in [0.25, 0.3) is 9.88 Å². The monoisotopic (exact) mass is 459 g/mol. The van der Waals surface area contributed by atoms with Crippen LogP contribution in [0.1, 0.15) is 24.1 Å². The van der Waals surface area contributed by atoms with Gasteiger partial charge in [0.25, 0.3) is 0 Å². The van der Waals surface area contributed by atoms with Crippen LogP contribution in [-0.4, -0.2) is 53.4 Å². The second-order valence-electron chi connectivity index (χ2n) is 7.59. The molecule has 0 aliphatic carbocycles. The van der Waals surface area contributed by atoms with Crippen molar-refractivity contribution in [1.29, 1.82) is 0 Å². The molecule has 7 heteroatoms. The van der Waals surface area contributed by atoms with Crippen LogP contribution in [0.5, 0.6) is 0 Å². The third-order valence-corrected chi connectivity index (χ3v) is 7.68. The highest BCUT2D eigenvalue weighted by Gasteiger charge is 2.20. The van der Waals surface area contributed by atoms with E-state index in [1.54, 1.807) is 11.3 Å². The molecule has 1 saturated heterocycles. The lowest BCUT2D eigenvalue weighted by Gasteiger charge is -2.22. The van der Waals surface area contributed by atoms with Gasteiger partial charge in [-0.1, -0.05) is 41.9 Å². The third-order valence-electron chi connectivity index (χ3n) is 5.39. The summed E-state index contributed by atoms with van der Waals surface area (Å²) in [4.78, 5) is 23.0. The summed E-state index contributed by atoms with van der Waals surface area (Å²) in [7, 11) is 0. The van der Waals surface area contributed by atoms with Crippen LogP contribution >= 0.6 is 34.3 Å². The van der Waals surface area contributed by atoms with E-state index in [1.807, 2.05) is 22.4 Å². The SMILES string of the molecule is O=C(Cc1csc(-c2ccc(Cl)s2)n1)N1CCCN(CCCc2ccccc2)CC1. The molecular weight excluding hydrogens is 434 g/mol. The molecule has 1 fully saturated rings. The Morgan fingerprint density at radius 1 is 1.07 bits per heavy atom. The maximum atomic E-state index is 12.8. The molecule has 4 rings (SSSR count). The maximum absolute atomic E-state index is 12.8. The number of thiazole rings is 1. The van der Waals surface area contributed by atoms with Crippen LogP contribution in [0.2, 0.25) is 4.34 Å². The fraction of sp³-hybridized carbons (Fsp3) is 0.391. The van der Waals surface area contributed by atoms with Crippen LogP contribution in [0.3, 0.4) is 0 Å². The predicted molar refractivity (Wildman–Crippen MR) is 127 cm³/mol. The van der Waals surface area contributed by atoms with Gasteiger partial charge in [0.2, 0.25) is 5.91 Å². The molecule has 3 aromatic rings. The third kappa shape index (κ3) is 5.91. The van der Waals surface area contributed by atoms with E-state index in [1.165, 1.54) is 16.9 Å².